The van der Waals surface area contributed by atoms with E-state index in [1.54, 1.807) is 12.1 Å². The largest absolute Gasteiger partial charge is 0.508 e. The Morgan fingerprint density at radius 1 is 1.35 bits per heavy atom. The number of aliphatic hydroxyl groups is 1. The molecular formula is C13H20NO3. The Morgan fingerprint density at radius 3 is 2.71 bits per heavy atom. The Hall–Kier alpha value is -1.26. The van der Waals surface area contributed by atoms with Crippen molar-refractivity contribution in [3.8, 4) is 11.5 Å². The predicted molar refractivity (Wildman–Crippen MR) is 66.7 cm³/mol. The van der Waals surface area contributed by atoms with Crippen LogP contribution in [0.5, 0.6) is 11.5 Å². The molecule has 4 N–H and O–H groups in total. The Bertz CT molecular complexity index is 335. The standard InChI is InChI=1S/C13H20NO3/c1-2-3-11(6-7-15)14-9-10-4-5-12(16)8-13(10)17/h3-5,8,11,14-17H,2,6-7,9H2,1H3. The molecular weight excluding hydrogens is 218 g/mol. The highest BCUT2D eigenvalue weighted by Gasteiger charge is 2.08. The molecule has 0 saturated heterocycles. The van der Waals surface area contributed by atoms with Gasteiger partial charge in [0.1, 0.15) is 11.5 Å². The predicted octanol–water partition coefficient (Wildman–Crippen LogP) is 1.55. The van der Waals surface area contributed by atoms with E-state index in [9.17, 15) is 5.11 Å². The van der Waals surface area contributed by atoms with Crippen LogP contribution < -0.4 is 5.32 Å². The van der Waals surface area contributed by atoms with E-state index >= 15 is 0 Å². The fraction of sp³-hybridized carbons (Fsp3) is 0.462. The highest BCUT2D eigenvalue weighted by molar-refractivity contribution is 5.38. The van der Waals surface area contributed by atoms with Crippen molar-refractivity contribution in [1.29, 1.82) is 0 Å². The summed E-state index contributed by atoms with van der Waals surface area (Å²) in [6, 6.07) is 4.68. The molecule has 95 valence electrons. The van der Waals surface area contributed by atoms with Gasteiger partial charge in [-0.2, -0.15) is 0 Å². The Kier molecular flexibility index (Phi) is 5.80. The van der Waals surface area contributed by atoms with E-state index < -0.39 is 0 Å². The van der Waals surface area contributed by atoms with Crippen molar-refractivity contribution in [2.24, 2.45) is 0 Å². The highest BCUT2D eigenvalue weighted by atomic mass is 16.3. The van der Waals surface area contributed by atoms with Gasteiger partial charge in [-0.05, 0) is 18.9 Å². The third-order valence-electron chi connectivity index (χ3n) is 2.58. The summed E-state index contributed by atoms with van der Waals surface area (Å²) >= 11 is 0. The molecule has 1 radical (unpaired) electrons. The molecule has 1 aromatic rings. The monoisotopic (exact) mass is 238 g/mol. The fourth-order valence-electron chi connectivity index (χ4n) is 1.67. The van der Waals surface area contributed by atoms with E-state index in [0.29, 0.717) is 13.0 Å². The van der Waals surface area contributed by atoms with E-state index in [-0.39, 0.29) is 24.1 Å². The highest BCUT2D eigenvalue weighted by Crippen LogP contribution is 2.22. The van der Waals surface area contributed by atoms with Gasteiger partial charge in [0, 0.05) is 30.8 Å². The van der Waals surface area contributed by atoms with Crippen LogP contribution in [0.15, 0.2) is 18.2 Å². The van der Waals surface area contributed by atoms with Crippen LogP contribution in [0.2, 0.25) is 0 Å². The SMILES string of the molecule is CC[CH]C(CCO)NCc1ccc(O)cc1O. The molecule has 0 fully saturated rings. The van der Waals surface area contributed by atoms with Gasteiger partial charge in [-0.3, -0.25) is 0 Å². The Balaban J connectivity index is 2.52. The van der Waals surface area contributed by atoms with Crippen molar-refractivity contribution in [1.82, 2.24) is 5.32 Å². The molecule has 17 heavy (non-hydrogen) atoms. The molecule has 0 amide bonds. The first-order valence-corrected chi connectivity index (χ1v) is 5.85. The average molecular weight is 238 g/mol. The smallest absolute Gasteiger partial charge is 0.123 e. The second-order valence-electron chi connectivity index (χ2n) is 3.96. The van der Waals surface area contributed by atoms with Crippen molar-refractivity contribution in [3.63, 3.8) is 0 Å². The van der Waals surface area contributed by atoms with Gasteiger partial charge in [-0.25, -0.2) is 0 Å². The van der Waals surface area contributed by atoms with E-state index in [2.05, 4.69) is 11.7 Å². The molecule has 0 spiro atoms. The van der Waals surface area contributed by atoms with Gasteiger partial charge >= 0.3 is 0 Å². The maximum absolute atomic E-state index is 9.60. The quantitative estimate of drug-likeness (QED) is 0.581. The maximum Gasteiger partial charge on any atom is 0.123 e. The van der Waals surface area contributed by atoms with Crippen LogP contribution in [0.3, 0.4) is 0 Å². The topological polar surface area (TPSA) is 72.7 Å². The number of aromatic hydroxyl groups is 2. The number of phenols is 2. The lowest BCUT2D eigenvalue weighted by Crippen LogP contribution is -2.29. The minimum Gasteiger partial charge on any atom is -0.508 e. The number of phenolic OH excluding ortho intramolecular Hbond substituents is 2. The van der Waals surface area contributed by atoms with Crippen molar-refractivity contribution >= 4 is 0 Å². The van der Waals surface area contributed by atoms with Gasteiger partial charge in [-0.1, -0.05) is 19.4 Å². The summed E-state index contributed by atoms with van der Waals surface area (Å²) < 4.78 is 0. The van der Waals surface area contributed by atoms with Crippen LogP contribution in [0.25, 0.3) is 0 Å². The number of rotatable bonds is 7. The Morgan fingerprint density at radius 2 is 2.12 bits per heavy atom. The molecule has 0 aliphatic carbocycles. The van der Waals surface area contributed by atoms with Crippen molar-refractivity contribution in [2.75, 3.05) is 6.61 Å². The molecule has 0 aliphatic rings. The summed E-state index contributed by atoms with van der Waals surface area (Å²) in [5.74, 6) is 0.134. The van der Waals surface area contributed by atoms with Crippen molar-refractivity contribution in [2.45, 2.75) is 32.4 Å². The zero-order valence-electron chi connectivity index (χ0n) is 10.1. The first kappa shape index (κ1) is 13.8. The summed E-state index contributed by atoms with van der Waals surface area (Å²) in [6.45, 7) is 2.69. The third-order valence-corrected chi connectivity index (χ3v) is 2.58. The molecule has 1 aromatic carbocycles. The third kappa shape index (κ3) is 4.63. The number of hydrogen-bond donors (Lipinski definition) is 4. The minimum atomic E-state index is 0.0540. The number of hydrogen-bond acceptors (Lipinski definition) is 4. The lowest BCUT2D eigenvalue weighted by atomic mass is 10.1. The molecule has 0 saturated carbocycles. The first-order chi connectivity index (χ1) is 8.17. The van der Waals surface area contributed by atoms with Gasteiger partial charge in [0.15, 0.2) is 0 Å². The molecule has 1 unspecified atom stereocenters. The van der Waals surface area contributed by atoms with Crippen LogP contribution in [-0.2, 0) is 6.54 Å². The lowest BCUT2D eigenvalue weighted by molar-refractivity contribution is 0.270. The number of aliphatic hydroxyl groups excluding tert-OH is 1. The van der Waals surface area contributed by atoms with Gasteiger partial charge in [0.25, 0.3) is 0 Å². The van der Waals surface area contributed by atoms with E-state index in [1.165, 1.54) is 6.07 Å². The molecule has 1 atom stereocenters. The summed E-state index contributed by atoms with van der Waals surface area (Å²) in [5.41, 5.74) is 0.732. The van der Waals surface area contributed by atoms with Gasteiger partial charge in [0.2, 0.25) is 0 Å². The molecule has 0 heterocycles. The molecule has 0 bridgehead atoms. The average Bonchev–Trinajstić information content (AvgIpc) is 2.28. The normalized spacial score (nSPS) is 12.6. The zero-order chi connectivity index (χ0) is 12.7. The molecule has 1 rings (SSSR count). The van der Waals surface area contributed by atoms with Crippen LogP contribution >= 0.6 is 0 Å². The van der Waals surface area contributed by atoms with E-state index in [4.69, 9.17) is 10.2 Å². The molecule has 4 heteroatoms. The van der Waals surface area contributed by atoms with Gasteiger partial charge in [0.05, 0.1) is 0 Å². The summed E-state index contributed by atoms with van der Waals surface area (Å²) in [7, 11) is 0. The van der Waals surface area contributed by atoms with Crippen molar-refractivity contribution in [3.05, 3.63) is 30.2 Å². The van der Waals surface area contributed by atoms with Crippen LogP contribution in [0.4, 0.5) is 0 Å². The van der Waals surface area contributed by atoms with E-state index in [0.717, 1.165) is 12.0 Å². The first-order valence-electron chi connectivity index (χ1n) is 5.85. The zero-order valence-corrected chi connectivity index (χ0v) is 10.1. The van der Waals surface area contributed by atoms with Crippen LogP contribution in [-0.4, -0.2) is 28.0 Å². The summed E-state index contributed by atoms with van der Waals surface area (Å²) in [5, 5.41) is 30.9. The maximum atomic E-state index is 9.60. The van der Waals surface area contributed by atoms with Crippen LogP contribution in [0, 0.1) is 6.42 Å². The Labute approximate surface area is 102 Å². The number of nitrogens with one attached hydrogen (secondary N) is 1. The van der Waals surface area contributed by atoms with Crippen LogP contribution in [0.1, 0.15) is 25.3 Å². The molecule has 4 nitrogen and oxygen atoms in total. The van der Waals surface area contributed by atoms with E-state index in [1.807, 2.05) is 6.92 Å². The minimum absolute atomic E-state index is 0.0540. The molecule has 0 aromatic heterocycles. The van der Waals surface area contributed by atoms with Crippen molar-refractivity contribution < 1.29 is 15.3 Å². The second-order valence-corrected chi connectivity index (χ2v) is 3.96. The summed E-state index contributed by atoms with van der Waals surface area (Å²) in [6.07, 6.45) is 3.68. The van der Waals surface area contributed by atoms with Gasteiger partial charge in [-0.15, -0.1) is 0 Å². The number of benzene rings is 1. The van der Waals surface area contributed by atoms with Gasteiger partial charge < -0.3 is 20.6 Å². The molecule has 0 aliphatic heterocycles. The lowest BCUT2D eigenvalue weighted by Gasteiger charge is -2.17. The fourth-order valence-corrected chi connectivity index (χ4v) is 1.67. The second kappa shape index (κ2) is 7.14. The summed E-state index contributed by atoms with van der Waals surface area (Å²) in [4.78, 5) is 0.